The van der Waals surface area contributed by atoms with Crippen molar-refractivity contribution in [3.8, 4) is 0 Å². The van der Waals surface area contributed by atoms with E-state index < -0.39 is 5.97 Å². The van der Waals surface area contributed by atoms with Crippen molar-refractivity contribution in [2.75, 3.05) is 11.9 Å². The van der Waals surface area contributed by atoms with Crippen molar-refractivity contribution >= 4 is 11.9 Å². The molecule has 0 aliphatic carbocycles. The van der Waals surface area contributed by atoms with Crippen molar-refractivity contribution in [1.29, 1.82) is 0 Å². The summed E-state index contributed by atoms with van der Waals surface area (Å²) in [7, 11) is 0. The van der Waals surface area contributed by atoms with E-state index in [1.165, 1.54) is 12.3 Å². The number of rotatable bonds is 6. The summed E-state index contributed by atoms with van der Waals surface area (Å²) < 4.78 is 1.94. The van der Waals surface area contributed by atoms with Gasteiger partial charge in [-0.25, -0.2) is 14.8 Å². The van der Waals surface area contributed by atoms with Gasteiger partial charge >= 0.3 is 5.97 Å². The van der Waals surface area contributed by atoms with Crippen LogP contribution in [0.5, 0.6) is 0 Å². The molecule has 2 aromatic rings. The molecule has 19 heavy (non-hydrogen) atoms. The molecule has 0 aliphatic rings. The zero-order valence-corrected chi connectivity index (χ0v) is 10.4. The number of nitrogens with zero attached hydrogens (tertiary/aromatic N) is 5. The summed E-state index contributed by atoms with van der Waals surface area (Å²) in [5.41, 5.74) is -0.0331. The van der Waals surface area contributed by atoms with Gasteiger partial charge in [0.05, 0.1) is 0 Å². The molecule has 0 spiro atoms. The highest BCUT2D eigenvalue weighted by atomic mass is 16.4. The van der Waals surface area contributed by atoms with Gasteiger partial charge in [-0.3, -0.25) is 0 Å². The van der Waals surface area contributed by atoms with E-state index in [0.29, 0.717) is 18.9 Å². The largest absolute Gasteiger partial charge is 0.477 e. The second-order valence-electron chi connectivity index (χ2n) is 3.78. The van der Waals surface area contributed by atoms with E-state index >= 15 is 0 Å². The standard InChI is InChI=1S/C11H14N6O2/c1-2-17-7-14-16-9(17)4-6-13-11-12-5-3-8(15-11)10(18)19/h3,5,7H,2,4,6H2,1H3,(H,18,19)(H,12,13,15). The highest BCUT2D eigenvalue weighted by Crippen LogP contribution is 2.01. The second-order valence-corrected chi connectivity index (χ2v) is 3.78. The lowest BCUT2D eigenvalue weighted by molar-refractivity contribution is 0.0690. The molecular weight excluding hydrogens is 248 g/mol. The fourth-order valence-electron chi connectivity index (χ4n) is 1.59. The Morgan fingerprint density at radius 3 is 3.11 bits per heavy atom. The van der Waals surface area contributed by atoms with E-state index in [1.54, 1.807) is 6.33 Å². The maximum absolute atomic E-state index is 10.8. The van der Waals surface area contributed by atoms with Crippen LogP contribution in [-0.4, -0.2) is 42.4 Å². The van der Waals surface area contributed by atoms with Crippen LogP contribution in [0.4, 0.5) is 5.95 Å². The van der Waals surface area contributed by atoms with Crippen LogP contribution in [0.2, 0.25) is 0 Å². The zero-order valence-electron chi connectivity index (χ0n) is 10.4. The molecule has 0 fully saturated rings. The predicted octanol–water partition coefficient (Wildman–Crippen LogP) is 0.441. The first kappa shape index (κ1) is 12.9. The van der Waals surface area contributed by atoms with Crippen LogP contribution in [0.1, 0.15) is 23.2 Å². The van der Waals surface area contributed by atoms with Gasteiger partial charge in [-0.2, -0.15) is 0 Å². The molecule has 0 aliphatic heterocycles. The van der Waals surface area contributed by atoms with Gasteiger partial charge in [0.15, 0.2) is 5.69 Å². The zero-order chi connectivity index (χ0) is 13.7. The third kappa shape index (κ3) is 3.24. The molecule has 0 saturated carbocycles. The smallest absolute Gasteiger partial charge is 0.354 e. The average Bonchev–Trinajstić information content (AvgIpc) is 2.86. The summed E-state index contributed by atoms with van der Waals surface area (Å²) in [5, 5.41) is 19.6. The number of anilines is 1. The number of aromatic nitrogens is 5. The number of carbonyl (C=O) groups is 1. The van der Waals surface area contributed by atoms with Crippen LogP contribution in [0, 0.1) is 0 Å². The maximum atomic E-state index is 10.8. The summed E-state index contributed by atoms with van der Waals surface area (Å²) in [6.45, 7) is 3.38. The molecule has 0 unspecified atom stereocenters. The highest BCUT2D eigenvalue weighted by Gasteiger charge is 2.06. The Balaban J connectivity index is 1.92. The third-order valence-corrected chi connectivity index (χ3v) is 2.54. The van der Waals surface area contributed by atoms with Crippen LogP contribution >= 0.6 is 0 Å². The lowest BCUT2D eigenvalue weighted by atomic mass is 10.4. The van der Waals surface area contributed by atoms with E-state index in [9.17, 15) is 4.79 Å². The summed E-state index contributed by atoms with van der Waals surface area (Å²) in [6, 6.07) is 1.35. The molecule has 0 saturated heterocycles. The van der Waals surface area contributed by atoms with Crippen LogP contribution in [-0.2, 0) is 13.0 Å². The molecule has 2 aromatic heterocycles. The first-order valence-corrected chi connectivity index (χ1v) is 5.87. The Morgan fingerprint density at radius 1 is 1.53 bits per heavy atom. The van der Waals surface area contributed by atoms with Crippen molar-refractivity contribution in [1.82, 2.24) is 24.7 Å². The average molecular weight is 262 g/mol. The van der Waals surface area contributed by atoms with Gasteiger partial charge in [0.2, 0.25) is 5.95 Å². The van der Waals surface area contributed by atoms with Gasteiger partial charge < -0.3 is 15.0 Å². The van der Waals surface area contributed by atoms with Gasteiger partial charge in [0.25, 0.3) is 0 Å². The Hall–Kier alpha value is -2.51. The fraction of sp³-hybridized carbons (Fsp3) is 0.364. The quantitative estimate of drug-likeness (QED) is 0.778. The molecule has 0 radical (unpaired) electrons. The molecule has 0 aromatic carbocycles. The van der Waals surface area contributed by atoms with E-state index in [4.69, 9.17) is 5.11 Å². The van der Waals surface area contributed by atoms with Crippen LogP contribution in [0.15, 0.2) is 18.6 Å². The predicted molar refractivity (Wildman–Crippen MR) is 66.9 cm³/mol. The van der Waals surface area contributed by atoms with Gasteiger partial charge in [0, 0.05) is 25.7 Å². The minimum Gasteiger partial charge on any atom is -0.477 e. The molecule has 8 nitrogen and oxygen atoms in total. The Kier molecular flexibility index (Phi) is 4.01. The van der Waals surface area contributed by atoms with E-state index in [2.05, 4.69) is 25.5 Å². The van der Waals surface area contributed by atoms with Crippen LogP contribution < -0.4 is 5.32 Å². The maximum Gasteiger partial charge on any atom is 0.354 e. The molecule has 0 bridgehead atoms. The van der Waals surface area contributed by atoms with Gasteiger partial charge in [0.1, 0.15) is 12.2 Å². The molecule has 2 heterocycles. The summed E-state index contributed by atoms with van der Waals surface area (Å²) in [4.78, 5) is 18.6. The molecule has 0 amide bonds. The summed E-state index contributed by atoms with van der Waals surface area (Å²) in [5.74, 6) is 0.0861. The second kappa shape index (κ2) is 5.89. The van der Waals surface area contributed by atoms with E-state index in [0.717, 1.165) is 12.4 Å². The number of aromatic carboxylic acids is 1. The first-order chi connectivity index (χ1) is 9.20. The number of hydrogen-bond acceptors (Lipinski definition) is 6. The molecule has 8 heteroatoms. The number of hydrogen-bond donors (Lipinski definition) is 2. The van der Waals surface area contributed by atoms with Gasteiger partial charge in [-0.05, 0) is 13.0 Å². The highest BCUT2D eigenvalue weighted by molar-refractivity contribution is 5.85. The minimum absolute atomic E-state index is 0.0331. The SMILES string of the molecule is CCn1cnnc1CCNc1nccc(C(=O)O)n1. The van der Waals surface area contributed by atoms with E-state index in [1.807, 2.05) is 11.5 Å². The Bertz CT molecular complexity index is 568. The monoisotopic (exact) mass is 262 g/mol. The summed E-state index contributed by atoms with van der Waals surface area (Å²) >= 11 is 0. The van der Waals surface area contributed by atoms with Crippen molar-refractivity contribution in [2.24, 2.45) is 0 Å². The third-order valence-electron chi connectivity index (χ3n) is 2.54. The lowest BCUT2D eigenvalue weighted by Crippen LogP contribution is -2.12. The molecule has 2 rings (SSSR count). The fourth-order valence-corrected chi connectivity index (χ4v) is 1.59. The van der Waals surface area contributed by atoms with Crippen molar-refractivity contribution in [3.05, 3.63) is 30.1 Å². The molecular formula is C11H14N6O2. The van der Waals surface area contributed by atoms with Crippen LogP contribution in [0.25, 0.3) is 0 Å². The van der Waals surface area contributed by atoms with Gasteiger partial charge in [-0.1, -0.05) is 0 Å². The normalized spacial score (nSPS) is 10.4. The molecule has 2 N–H and O–H groups in total. The van der Waals surface area contributed by atoms with Crippen molar-refractivity contribution in [3.63, 3.8) is 0 Å². The minimum atomic E-state index is -1.07. The first-order valence-electron chi connectivity index (χ1n) is 5.87. The molecule has 100 valence electrons. The van der Waals surface area contributed by atoms with Crippen LogP contribution in [0.3, 0.4) is 0 Å². The van der Waals surface area contributed by atoms with Crippen molar-refractivity contribution < 1.29 is 9.90 Å². The number of aryl methyl sites for hydroxylation is 1. The number of carboxylic acids is 1. The topological polar surface area (TPSA) is 106 Å². The number of nitrogens with one attached hydrogen (secondary N) is 1. The Morgan fingerprint density at radius 2 is 2.37 bits per heavy atom. The Labute approximate surface area is 109 Å². The number of carboxylic acid groups (broad SMARTS) is 1. The summed E-state index contributed by atoms with van der Waals surface area (Å²) in [6.07, 6.45) is 3.75. The lowest BCUT2D eigenvalue weighted by Gasteiger charge is -2.05. The van der Waals surface area contributed by atoms with E-state index in [-0.39, 0.29) is 5.69 Å². The van der Waals surface area contributed by atoms with Crippen molar-refractivity contribution in [2.45, 2.75) is 19.9 Å². The van der Waals surface area contributed by atoms with Gasteiger partial charge in [-0.15, -0.1) is 10.2 Å². The molecule has 0 atom stereocenters.